The molecule has 1 heterocycles. The molecule has 2 N–H and O–H groups in total. The van der Waals surface area contributed by atoms with Crippen LogP contribution in [0.2, 0.25) is 5.02 Å². The van der Waals surface area contributed by atoms with Crippen molar-refractivity contribution >= 4 is 34.8 Å². The number of hydrogen-bond acceptors (Lipinski definition) is 5. The summed E-state index contributed by atoms with van der Waals surface area (Å²) in [4.78, 5) is 25.0. The lowest BCUT2D eigenvalue weighted by molar-refractivity contribution is -0.120. The van der Waals surface area contributed by atoms with E-state index in [4.69, 9.17) is 16.3 Å². The third-order valence-corrected chi connectivity index (χ3v) is 5.39. The molecule has 0 aliphatic heterocycles. The minimum absolute atomic E-state index is 0.0253. The quantitative estimate of drug-likeness (QED) is 0.467. The number of nitrogens with one attached hydrogen (secondary N) is 2. The summed E-state index contributed by atoms with van der Waals surface area (Å²) in [6.07, 6.45) is 0. The highest BCUT2D eigenvalue weighted by Gasteiger charge is 2.19. The average molecular weight is 481 g/mol. The van der Waals surface area contributed by atoms with Crippen LogP contribution in [0.1, 0.15) is 27.5 Å². The van der Waals surface area contributed by atoms with Gasteiger partial charge >= 0.3 is 6.61 Å². The number of ether oxygens (including phenoxy) is 2. The van der Waals surface area contributed by atoms with Crippen molar-refractivity contribution in [3.63, 3.8) is 0 Å². The first-order valence-electron chi connectivity index (χ1n) is 9.35. The third kappa shape index (κ3) is 6.18. The van der Waals surface area contributed by atoms with Crippen LogP contribution >= 0.6 is 22.9 Å². The van der Waals surface area contributed by atoms with Crippen LogP contribution < -0.4 is 20.1 Å². The Hall–Kier alpha value is -3.17. The van der Waals surface area contributed by atoms with E-state index in [9.17, 15) is 18.4 Å². The summed E-state index contributed by atoms with van der Waals surface area (Å²) in [6, 6.07) is 12.4. The number of carbonyl (C=O) groups excluding carboxylic acids is 2. The largest absolute Gasteiger partial charge is 0.493 e. The first kappa shape index (κ1) is 23.5. The molecule has 3 aromatic rings. The highest BCUT2D eigenvalue weighted by Crippen LogP contribution is 2.29. The Morgan fingerprint density at radius 1 is 1.06 bits per heavy atom. The molecule has 3 rings (SSSR count). The van der Waals surface area contributed by atoms with Gasteiger partial charge in [0.25, 0.3) is 5.91 Å². The highest BCUT2D eigenvalue weighted by molar-refractivity contribution is 7.08. The van der Waals surface area contributed by atoms with Crippen LogP contribution in [-0.2, 0) is 4.79 Å². The number of alkyl halides is 2. The topological polar surface area (TPSA) is 76.7 Å². The molecule has 0 spiro atoms. The number of carbonyl (C=O) groups is 2. The van der Waals surface area contributed by atoms with Crippen molar-refractivity contribution in [3.8, 4) is 11.5 Å². The molecule has 1 unspecified atom stereocenters. The maximum atomic E-state index is 12.5. The summed E-state index contributed by atoms with van der Waals surface area (Å²) in [7, 11) is 1.27. The third-order valence-electron chi connectivity index (χ3n) is 4.44. The van der Waals surface area contributed by atoms with E-state index in [0.29, 0.717) is 5.02 Å². The number of amides is 2. The molecule has 32 heavy (non-hydrogen) atoms. The van der Waals surface area contributed by atoms with E-state index >= 15 is 0 Å². The van der Waals surface area contributed by atoms with Gasteiger partial charge in [-0.25, -0.2) is 0 Å². The van der Waals surface area contributed by atoms with Crippen LogP contribution in [0.5, 0.6) is 11.5 Å². The molecule has 2 aromatic carbocycles. The van der Waals surface area contributed by atoms with E-state index in [-0.39, 0.29) is 23.6 Å². The molecule has 0 saturated carbocycles. The molecule has 1 atom stereocenters. The van der Waals surface area contributed by atoms with Gasteiger partial charge in [0.2, 0.25) is 5.91 Å². The number of halogens is 3. The van der Waals surface area contributed by atoms with Gasteiger partial charge in [0, 0.05) is 10.6 Å². The van der Waals surface area contributed by atoms with E-state index in [1.807, 2.05) is 29.0 Å². The zero-order valence-corrected chi connectivity index (χ0v) is 18.4. The molecular weight excluding hydrogens is 462 g/mol. The van der Waals surface area contributed by atoms with E-state index < -0.39 is 24.5 Å². The van der Waals surface area contributed by atoms with Crippen molar-refractivity contribution in [2.45, 2.75) is 12.7 Å². The molecule has 0 saturated heterocycles. The molecule has 0 bridgehead atoms. The monoisotopic (exact) mass is 480 g/mol. The number of hydrogen-bond donors (Lipinski definition) is 2. The van der Waals surface area contributed by atoms with Crippen molar-refractivity contribution in [1.29, 1.82) is 0 Å². The first-order chi connectivity index (χ1) is 15.4. The summed E-state index contributed by atoms with van der Waals surface area (Å²) in [5.74, 6) is -1.20. The Labute approximate surface area is 192 Å². The van der Waals surface area contributed by atoms with Gasteiger partial charge in [-0.1, -0.05) is 23.7 Å². The fraction of sp³-hybridized carbons (Fsp3) is 0.182. The molecule has 0 radical (unpaired) electrons. The Morgan fingerprint density at radius 2 is 1.81 bits per heavy atom. The molecule has 168 valence electrons. The fourth-order valence-electron chi connectivity index (χ4n) is 2.93. The predicted octanol–water partition coefficient (Wildman–Crippen LogP) is 4.65. The lowest BCUT2D eigenvalue weighted by Crippen LogP contribution is -2.39. The van der Waals surface area contributed by atoms with E-state index in [1.54, 1.807) is 12.1 Å². The van der Waals surface area contributed by atoms with Gasteiger partial charge in [-0.05, 0) is 58.3 Å². The molecular formula is C22H19ClF2N2O4S. The lowest BCUT2D eigenvalue weighted by Gasteiger charge is -2.19. The van der Waals surface area contributed by atoms with Crippen LogP contribution in [0, 0.1) is 0 Å². The fourth-order valence-corrected chi connectivity index (χ4v) is 3.74. The molecule has 1 aromatic heterocycles. The molecule has 6 nitrogen and oxygen atoms in total. The highest BCUT2D eigenvalue weighted by atomic mass is 35.5. The van der Waals surface area contributed by atoms with Gasteiger partial charge in [0.05, 0.1) is 19.7 Å². The number of thiophene rings is 1. The second kappa shape index (κ2) is 10.9. The van der Waals surface area contributed by atoms with Gasteiger partial charge < -0.3 is 20.1 Å². The second-order valence-corrected chi connectivity index (χ2v) is 7.75. The molecule has 0 aliphatic carbocycles. The van der Waals surface area contributed by atoms with Crippen LogP contribution in [-0.4, -0.2) is 32.1 Å². The van der Waals surface area contributed by atoms with Gasteiger partial charge in [-0.15, -0.1) is 0 Å². The van der Waals surface area contributed by atoms with Gasteiger partial charge in [0.15, 0.2) is 11.5 Å². The number of benzene rings is 2. The van der Waals surface area contributed by atoms with Crippen molar-refractivity contribution < 1.29 is 27.8 Å². The Bertz CT molecular complexity index is 1060. The standard InChI is InChI=1S/C22H19ClF2N2O4S/c1-30-18-10-14(4-7-17(18)31-22(24)25)21(29)26-11-19(28)27-20(15-8-9-32-12-15)13-2-5-16(23)6-3-13/h2-10,12,20,22H,11H2,1H3,(H,26,29)(H,27,28). The van der Waals surface area contributed by atoms with Gasteiger partial charge in [-0.3, -0.25) is 9.59 Å². The van der Waals surface area contributed by atoms with Crippen molar-refractivity contribution in [3.05, 3.63) is 81.0 Å². The summed E-state index contributed by atoms with van der Waals surface area (Å²) in [5.41, 5.74) is 1.87. The number of rotatable bonds is 9. The molecule has 2 amide bonds. The summed E-state index contributed by atoms with van der Waals surface area (Å²) >= 11 is 7.46. The maximum absolute atomic E-state index is 12.5. The minimum Gasteiger partial charge on any atom is -0.493 e. The Morgan fingerprint density at radius 3 is 2.44 bits per heavy atom. The predicted molar refractivity (Wildman–Crippen MR) is 118 cm³/mol. The van der Waals surface area contributed by atoms with Gasteiger partial charge in [0.1, 0.15) is 0 Å². The van der Waals surface area contributed by atoms with E-state index in [2.05, 4.69) is 15.4 Å². The zero-order valence-electron chi connectivity index (χ0n) is 16.8. The lowest BCUT2D eigenvalue weighted by atomic mass is 10.0. The van der Waals surface area contributed by atoms with Crippen LogP contribution in [0.4, 0.5) is 8.78 Å². The van der Waals surface area contributed by atoms with Crippen LogP contribution in [0.25, 0.3) is 0 Å². The van der Waals surface area contributed by atoms with Gasteiger partial charge in [-0.2, -0.15) is 20.1 Å². The molecule has 0 fully saturated rings. The normalized spacial score (nSPS) is 11.7. The van der Waals surface area contributed by atoms with E-state index in [1.165, 1.54) is 36.6 Å². The maximum Gasteiger partial charge on any atom is 0.387 e. The average Bonchev–Trinajstić information content (AvgIpc) is 3.31. The molecule has 0 aliphatic rings. The van der Waals surface area contributed by atoms with Crippen molar-refractivity contribution in [2.75, 3.05) is 13.7 Å². The second-order valence-electron chi connectivity index (χ2n) is 6.54. The number of methoxy groups -OCH3 is 1. The summed E-state index contributed by atoms with van der Waals surface area (Å²) in [5, 5.41) is 9.81. The summed E-state index contributed by atoms with van der Waals surface area (Å²) in [6.45, 7) is -3.31. The van der Waals surface area contributed by atoms with E-state index in [0.717, 1.165) is 11.1 Å². The van der Waals surface area contributed by atoms with Crippen LogP contribution in [0.15, 0.2) is 59.3 Å². The minimum atomic E-state index is -3.02. The zero-order chi connectivity index (χ0) is 23.1. The van der Waals surface area contributed by atoms with Crippen molar-refractivity contribution in [1.82, 2.24) is 10.6 Å². The van der Waals surface area contributed by atoms with Crippen molar-refractivity contribution in [2.24, 2.45) is 0 Å². The smallest absolute Gasteiger partial charge is 0.387 e. The SMILES string of the molecule is COc1cc(C(=O)NCC(=O)NC(c2ccc(Cl)cc2)c2ccsc2)ccc1OC(F)F. The Balaban J connectivity index is 1.65. The Kier molecular flexibility index (Phi) is 8.02. The first-order valence-corrected chi connectivity index (χ1v) is 10.7. The summed E-state index contributed by atoms with van der Waals surface area (Å²) < 4.78 is 34.2. The van der Waals surface area contributed by atoms with Crippen LogP contribution in [0.3, 0.4) is 0 Å². The molecule has 10 heteroatoms.